The molecule has 0 saturated carbocycles. The number of hydrogen-bond donors (Lipinski definition) is 2. The lowest BCUT2D eigenvalue weighted by atomic mass is 9.93. The fraction of sp³-hybridized carbons (Fsp3) is 0.500. The van der Waals surface area contributed by atoms with Crippen molar-refractivity contribution in [2.24, 2.45) is 5.41 Å². The molecule has 0 saturated heterocycles. The maximum atomic E-state index is 12.6. The Balaban J connectivity index is 2.95. The first kappa shape index (κ1) is 19.7. The van der Waals surface area contributed by atoms with E-state index in [1.165, 1.54) is 7.11 Å². The fourth-order valence-corrected chi connectivity index (χ4v) is 1.88. The van der Waals surface area contributed by atoms with Crippen LogP contribution in [0.2, 0.25) is 0 Å². The third-order valence-electron chi connectivity index (χ3n) is 3.52. The zero-order valence-electron chi connectivity index (χ0n) is 15.1. The van der Waals surface area contributed by atoms with Gasteiger partial charge in [-0.2, -0.15) is 0 Å². The summed E-state index contributed by atoms with van der Waals surface area (Å²) < 4.78 is 4.77. The summed E-state index contributed by atoms with van der Waals surface area (Å²) in [6.07, 6.45) is 0. The van der Waals surface area contributed by atoms with Gasteiger partial charge in [-0.25, -0.2) is 4.79 Å². The van der Waals surface area contributed by atoms with Gasteiger partial charge >= 0.3 is 5.97 Å². The highest BCUT2D eigenvalue weighted by Crippen LogP contribution is 2.18. The molecule has 0 spiro atoms. The molecule has 0 aromatic heterocycles. The Kier molecular flexibility index (Phi) is 6.12. The number of carbonyl (C=O) groups excluding carboxylic acids is 3. The maximum absolute atomic E-state index is 12.6. The molecule has 1 aromatic rings. The predicted molar refractivity (Wildman–Crippen MR) is 91.0 cm³/mol. The molecule has 132 valence electrons. The average molecular weight is 334 g/mol. The van der Waals surface area contributed by atoms with Gasteiger partial charge in [-0.15, -0.1) is 0 Å². The minimum Gasteiger partial charge on any atom is -0.467 e. The van der Waals surface area contributed by atoms with Crippen molar-refractivity contribution in [1.82, 2.24) is 10.6 Å². The van der Waals surface area contributed by atoms with Crippen molar-refractivity contribution in [3.63, 3.8) is 0 Å². The lowest BCUT2D eigenvalue weighted by molar-refractivity contribution is -0.146. The number of carbonyl (C=O) groups is 3. The van der Waals surface area contributed by atoms with E-state index in [9.17, 15) is 14.4 Å². The molecule has 6 heteroatoms. The van der Waals surface area contributed by atoms with Crippen LogP contribution >= 0.6 is 0 Å². The summed E-state index contributed by atoms with van der Waals surface area (Å²) in [4.78, 5) is 36.8. The van der Waals surface area contributed by atoms with Crippen LogP contribution in [0.5, 0.6) is 0 Å². The lowest BCUT2D eigenvalue weighted by Crippen LogP contribution is -2.58. The lowest BCUT2D eigenvalue weighted by Gasteiger charge is -2.30. The van der Waals surface area contributed by atoms with Crippen LogP contribution in [0.4, 0.5) is 0 Å². The van der Waals surface area contributed by atoms with E-state index in [1.807, 2.05) is 6.07 Å². The Bertz CT molecular complexity index is 603. The van der Waals surface area contributed by atoms with E-state index in [0.717, 1.165) is 0 Å². The Morgan fingerprint density at radius 1 is 0.958 bits per heavy atom. The van der Waals surface area contributed by atoms with Gasteiger partial charge in [0.25, 0.3) is 0 Å². The first-order chi connectivity index (χ1) is 11.0. The molecule has 24 heavy (non-hydrogen) atoms. The molecule has 6 nitrogen and oxygen atoms in total. The third-order valence-corrected chi connectivity index (χ3v) is 3.52. The summed E-state index contributed by atoms with van der Waals surface area (Å²) >= 11 is 0. The van der Waals surface area contributed by atoms with Crippen LogP contribution in [-0.4, -0.2) is 30.4 Å². The second kappa shape index (κ2) is 7.47. The standard InChI is InChI=1S/C18H26N2O4/c1-17(2,3)15(22)20-18(4,5)16(23)19-13(14(21)24-6)12-10-8-7-9-11-12/h7-11,13H,1-6H3,(H,19,23)(H,20,22). The molecule has 0 aliphatic heterocycles. The van der Waals surface area contributed by atoms with Crippen molar-refractivity contribution >= 4 is 17.8 Å². The molecular weight excluding hydrogens is 308 g/mol. The second-order valence-electron chi connectivity index (χ2n) is 7.17. The van der Waals surface area contributed by atoms with Crippen molar-refractivity contribution in [2.45, 2.75) is 46.2 Å². The summed E-state index contributed by atoms with van der Waals surface area (Å²) in [5, 5.41) is 5.36. The van der Waals surface area contributed by atoms with Crippen LogP contribution in [0.1, 0.15) is 46.2 Å². The Morgan fingerprint density at radius 2 is 1.50 bits per heavy atom. The first-order valence-corrected chi connectivity index (χ1v) is 7.75. The predicted octanol–water partition coefficient (Wildman–Crippen LogP) is 1.96. The van der Waals surface area contributed by atoms with Crippen LogP contribution in [0.15, 0.2) is 30.3 Å². The van der Waals surface area contributed by atoms with Gasteiger partial charge in [0.1, 0.15) is 5.54 Å². The Labute approximate surface area is 143 Å². The van der Waals surface area contributed by atoms with Crippen molar-refractivity contribution < 1.29 is 19.1 Å². The minimum absolute atomic E-state index is 0.253. The van der Waals surface area contributed by atoms with E-state index in [4.69, 9.17) is 4.74 Å². The van der Waals surface area contributed by atoms with E-state index < -0.39 is 28.9 Å². The van der Waals surface area contributed by atoms with Gasteiger partial charge in [0.05, 0.1) is 7.11 Å². The highest BCUT2D eigenvalue weighted by Gasteiger charge is 2.36. The molecule has 0 radical (unpaired) electrons. The SMILES string of the molecule is COC(=O)C(NC(=O)C(C)(C)NC(=O)C(C)(C)C)c1ccccc1. The van der Waals surface area contributed by atoms with Crippen LogP contribution in [0.3, 0.4) is 0 Å². The summed E-state index contributed by atoms with van der Waals surface area (Å²) in [6, 6.07) is 7.86. The summed E-state index contributed by atoms with van der Waals surface area (Å²) in [5.74, 6) is -1.30. The van der Waals surface area contributed by atoms with Gasteiger partial charge in [0.2, 0.25) is 11.8 Å². The molecule has 0 bridgehead atoms. The van der Waals surface area contributed by atoms with Crippen molar-refractivity contribution in [1.29, 1.82) is 0 Å². The molecule has 0 aliphatic rings. The van der Waals surface area contributed by atoms with Gasteiger partial charge in [-0.3, -0.25) is 9.59 Å². The van der Waals surface area contributed by atoms with Gasteiger partial charge < -0.3 is 15.4 Å². The molecular formula is C18H26N2O4. The minimum atomic E-state index is -1.18. The fourth-order valence-electron chi connectivity index (χ4n) is 1.88. The van der Waals surface area contributed by atoms with Gasteiger partial charge in [-0.1, -0.05) is 51.1 Å². The van der Waals surface area contributed by atoms with E-state index in [0.29, 0.717) is 5.56 Å². The maximum Gasteiger partial charge on any atom is 0.333 e. The Morgan fingerprint density at radius 3 is 1.96 bits per heavy atom. The molecule has 0 heterocycles. The summed E-state index contributed by atoms with van der Waals surface area (Å²) in [5.41, 5.74) is -1.19. The first-order valence-electron chi connectivity index (χ1n) is 7.75. The van der Waals surface area contributed by atoms with Crippen LogP contribution in [-0.2, 0) is 19.1 Å². The largest absolute Gasteiger partial charge is 0.467 e. The van der Waals surface area contributed by atoms with E-state index in [2.05, 4.69) is 10.6 Å². The highest BCUT2D eigenvalue weighted by atomic mass is 16.5. The van der Waals surface area contributed by atoms with E-state index in [-0.39, 0.29) is 5.91 Å². The zero-order valence-corrected chi connectivity index (χ0v) is 15.1. The molecule has 1 atom stereocenters. The number of ether oxygens (including phenoxy) is 1. The second-order valence-corrected chi connectivity index (χ2v) is 7.17. The molecule has 2 N–H and O–H groups in total. The summed E-state index contributed by atoms with van der Waals surface area (Å²) in [7, 11) is 1.26. The highest BCUT2D eigenvalue weighted by molar-refractivity contribution is 5.94. The third kappa shape index (κ3) is 5.08. The summed E-state index contributed by atoms with van der Waals surface area (Å²) in [6.45, 7) is 8.46. The van der Waals surface area contributed by atoms with Crippen molar-refractivity contribution in [3.05, 3.63) is 35.9 Å². The zero-order chi connectivity index (χ0) is 18.5. The van der Waals surface area contributed by atoms with Crippen molar-refractivity contribution in [2.75, 3.05) is 7.11 Å². The number of esters is 1. The quantitative estimate of drug-likeness (QED) is 0.806. The number of benzene rings is 1. The molecule has 0 aliphatic carbocycles. The molecule has 2 amide bonds. The van der Waals surface area contributed by atoms with Crippen LogP contribution < -0.4 is 10.6 Å². The Hall–Kier alpha value is -2.37. The smallest absolute Gasteiger partial charge is 0.333 e. The molecule has 1 aromatic carbocycles. The number of methoxy groups -OCH3 is 1. The number of hydrogen-bond acceptors (Lipinski definition) is 4. The van der Waals surface area contributed by atoms with E-state index >= 15 is 0 Å². The monoisotopic (exact) mass is 334 g/mol. The molecule has 1 unspecified atom stereocenters. The van der Waals surface area contributed by atoms with Gasteiger partial charge in [0.15, 0.2) is 6.04 Å². The normalized spacial score (nSPS) is 12.9. The average Bonchev–Trinajstić information content (AvgIpc) is 2.51. The van der Waals surface area contributed by atoms with Crippen LogP contribution in [0.25, 0.3) is 0 Å². The number of amides is 2. The molecule has 1 rings (SSSR count). The van der Waals surface area contributed by atoms with E-state index in [1.54, 1.807) is 58.9 Å². The van der Waals surface area contributed by atoms with Crippen LogP contribution in [0, 0.1) is 5.41 Å². The molecule has 0 fully saturated rings. The van der Waals surface area contributed by atoms with Crippen molar-refractivity contribution in [3.8, 4) is 0 Å². The van der Waals surface area contributed by atoms with Gasteiger partial charge in [-0.05, 0) is 19.4 Å². The number of nitrogens with one attached hydrogen (secondary N) is 2. The van der Waals surface area contributed by atoms with Gasteiger partial charge in [0, 0.05) is 5.41 Å². The number of rotatable bonds is 5. The topological polar surface area (TPSA) is 84.5 Å².